The fraction of sp³-hybridized carbons (Fsp3) is 0.556. The van der Waals surface area contributed by atoms with Gasteiger partial charge in [0.1, 0.15) is 0 Å². The molecular formula is C9H13NO2. The van der Waals surface area contributed by atoms with Crippen LogP contribution in [0, 0.1) is 0 Å². The van der Waals surface area contributed by atoms with Gasteiger partial charge in [-0.15, -0.1) is 0 Å². The lowest BCUT2D eigenvalue weighted by Crippen LogP contribution is -2.19. The summed E-state index contributed by atoms with van der Waals surface area (Å²) in [7, 11) is 0. The third-order valence-corrected chi connectivity index (χ3v) is 2.00. The van der Waals surface area contributed by atoms with E-state index in [1.54, 1.807) is 0 Å². The van der Waals surface area contributed by atoms with E-state index in [1.165, 1.54) is 0 Å². The first-order valence-electron chi connectivity index (χ1n) is 4.18. The van der Waals surface area contributed by atoms with Crippen molar-refractivity contribution in [1.29, 1.82) is 0 Å². The summed E-state index contributed by atoms with van der Waals surface area (Å²) in [6.45, 7) is 3.97. The number of carbonyl (C=O) groups is 2. The Morgan fingerprint density at radius 2 is 2.17 bits per heavy atom. The number of nitrogens with one attached hydrogen (secondary N) is 1. The zero-order chi connectivity index (χ0) is 9.14. The third-order valence-electron chi connectivity index (χ3n) is 2.00. The first kappa shape index (κ1) is 8.97. The molecule has 1 N–H and O–H groups in total. The van der Waals surface area contributed by atoms with Crippen molar-refractivity contribution in [2.24, 2.45) is 0 Å². The molecule has 12 heavy (non-hydrogen) atoms. The van der Waals surface area contributed by atoms with Crippen molar-refractivity contribution in [3.05, 3.63) is 11.1 Å². The lowest BCUT2D eigenvalue weighted by molar-refractivity contribution is -0.124. The number of amides is 2. The van der Waals surface area contributed by atoms with Gasteiger partial charge in [0.25, 0.3) is 5.91 Å². The van der Waals surface area contributed by atoms with E-state index >= 15 is 0 Å². The Morgan fingerprint density at radius 3 is 2.58 bits per heavy atom. The highest BCUT2D eigenvalue weighted by molar-refractivity contribution is 6.13. The Labute approximate surface area is 71.8 Å². The molecule has 0 aliphatic carbocycles. The fourth-order valence-corrected chi connectivity index (χ4v) is 1.36. The largest absolute Gasteiger partial charge is 0.292 e. The molecule has 0 aromatic rings. The summed E-state index contributed by atoms with van der Waals surface area (Å²) in [6, 6.07) is 0. The molecule has 0 unspecified atom stereocenters. The predicted molar refractivity (Wildman–Crippen MR) is 45.4 cm³/mol. The second-order valence-corrected chi connectivity index (χ2v) is 3.06. The van der Waals surface area contributed by atoms with Crippen LogP contribution in [0.25, 0.3) is 0 Å². The maximum absolute atomic E-state index is 11.1. The van der Waals surface area contributed by atoms with Gasteiger partial charge in [0.2, 0.25) is 5.91 Å². The second kappa shape index (κ2) is 3.52. The van der Waals surface area contributed by atoms with Crippen molar-refractivity contribution in [2.45, 2.75) is 33.1 Å². The van der Waals surface area contributed by atoms with Gasteiger partial charge in [0, 0.05) is 5.57 Å². The van der Waals surface area contributed by atoms with Crippen LogP contribution in [-0.2, 0) is 9.59 Å². The van der Waals surface area contributed by atoms with Gasteiger partial charge in [-0.2, -0.15) is 0 Å². The van der Waals surface area contributed by atoms with Crippen LogP contribution >= 0.6 is 0 Å². The zero-order valence-electron chi connectivity index (χ0n) is 7.44. The smallest absolute Gasteiger partial charge is 0.254 e. The van der Waals surface area contributed by atoms with Crippen LogP contribution in [-0.4, -0.2) is 11.8 Å². The minimum atomic E-state index is -0.203. The van der Waals surface area contributed by atoms with Crippen molar-refractivity contribution >= 4 is 11.8 Å². The van der Waals surface area contributed by atoms with Crippen LogP contribution in [0.15, 0.2) is 11.1 Å². The maximum Gasteiger partial charge on any atom is 0.254 e. The number of hydrogen-bond donors (Lipinski definition) is 1. The van der Waals surface area contributed by atoms with Crippen molar-refractivity contribution < 1.29 is 9.59 Å². The van der Waals surface area contributed by atoms with Crippen LogP contribution in [0.4, 0.5) is 0 Å². The quantitative estimate of drug-likeness (QED) is 0.495. The standard InChI is InChI=1S/C9H13NO2/c1-3-4-6(2)7-5-8(11)10-9(7)12/h3-5H2,1-2H3,(H,10,11,12)/b7-6-. The van der Waals surface area contributed by atoms with Crippen LogP contribution < -0.4 is 5.32 Å². The van der Waals surface area contributed by atoms with Crippen molar-refractivity contribution in [1.82, 2.24) is 5.32 Å². The monoisotopic (exact) mass is 167 g/mol. The third kappa shape index (κ3) is 1.72. The summed E-state index contributed by atoms with van der Waals surface area (Å²) in [6.07, 6.45) is 2.18. The van der Waals surface area contributed by atoms with E-state index in [-0.39, 0.29) is 18.2 Å². The van der Waals surface area contributed by atoms with Gasteiger partial charge >= 0.3 is 0 Å². The SMILES string of the molecule is CCC/C(C)=C1/CC(=O)NC1=O. The number of rotatable bonds is 2. The van der Waals surface area contributed by atoms with E-state index in [0.29, 0.717) is 5.57 Å². The van der Waals surface area contributed by atoms with Gasteiger partial charge in [-0.25, -0.2) is 0 Å². The molecule has 0 saturated carbocycles. The van der Waals surface area contributed by atoms with E-state index in [1.807, 2.05) is 6.92 Å². The van der Waals surface area contributed by atoms with E-state index in [4.69, 9.17) is 0 Å². The molecule has 0 radical (unpaired) electrons. The van der Waals surface area contributed by atoms with Crippen molar-refractivity contribution in [2.75, 3.05) is 0 Å². The molecule has 1 aliphatic rings. The number of allylic oxidation sites excluding steroid dienone is 1. The summed E-state index contributed by atoms with van der Waals surface area (Å²) >= 11 is 0. The Balaban J connectivity index is 2.80. The Bertz CT molecular complexity index is 253. The Kier molecular flexibility index (Phi) is 2.63. The highest BCUT2D eigenvalue weighted by Gasteiger charge is 2.25. The molecular weight excluding hydrogens is 154 g/mol. The molecule has 1 saturated heterocycles. The van der Waals surface area contributed by atoms with Gasteiger partial charge < -0.3 is 0 Å². The molecule has 3 nitrogen and oxygen atoms in total. The molecule has 2 amide bonds. The molecule has 0 aromatic carbocycles. The molecule has 1 aliphatic heterocycles. The van der Waals surface area contributed by atoms with Gasteiger partial charge in [0.15, 0.2) is 0 Å². The van der Waals surface area contributed by atoms with Crippen LogP contribution in [0.2, 0.25) is 0 Å². The average Bonchev–Trinajstić information content (AvgIpc) is 2.30. The number of hydrogen-bond acceptors (Lipinski definition) is 2. The summed E-state index contributed by atoms with van der Waals surface area (Å²) in [5, 5.41) is 2.27. The first-order chi connectivity index (χ1) is 5.65. The Hall–Kier alpha value is -1.12. The normalized spacial score (nSPS) is 21.2. The molecule has 0 bridgehead atoms. The minimum Gasteiger partial charge on any atom is -0.292 e. The van der Waals surface area contributed by atoms with E-state index < -0.39 is 0 Å². The van der Waals surface area contributed by atoms with Crippen molar-refractivity contribution in [3.63, 3.8) is 0 Å². The molecule has 1 fully saturated rings. The summed E-state index contributed by atoms with van der Waals surface area (Å²) < 4.78 is 0. The molecule has 1 rings (SSSR count). The summed E-state index contributed by atoms with van der Waals surface area (Å²) in [5.41, 5.74) is 1.71. The van der Waals surface area contributed by atoms with Crippen LogP contribution in [0.3, 0.4) is 0 Å². The first-order valence-corrected chi connectivity index (χ1v) is 4.18. The minimum absolute atomic E-state index is 0.176. The molecule has 3 heteroatoms. The molecule has 0 aromatic heterocycles. The molecule has 1 heterocycles. The molecule has 66 valence electrons. The molecule has 0 spiro atoms. The highest BCUT2D eigenvalue weighted by atomic mass is 16.2. The fourth-order valence-electron chi connectivity index (χ4n) is 1.36. The topological polar surface area (TPSA) is 46.2 Å². The van der Waals surface area contributed by atoms with E-state index in [0.717, 1.165) is 18.4 Å². The highest BCUT2D eigenvalue weighted by Crippen LogP contribution is 2.17. The zero-order valence-corrected chi connectivity index (χ0v) is 7.44. The maximum atomic E-state index is 11.1. The summed E-state index contributed by atoms with van der Waals surface area (Å²) in [5.74, 6) is -0.378. The van der Waals surface area contributed by atoms with E-state index in [2.05, 4.69) is 12.2 Å². The van der Waals surface area contributed by atoms with Crippen LogP contribution in [0.1, 0.15) is 33.1 Å². The average molecular weight is 167 g/mol. The van der Waals surface area contributed by atoms with Gasteiger partial charge in [0.05, 0.1) is 6.42 Å². The van der Waals surface area contributed by atoms with E-state index in [9.17, 15) is 9.59 Å². The lowest BCUT2D eigenvalue weighted by Gasteiger charge is -1.99. The van der Waals surface area contributed by atoms with Gasteiger partial charge in [-0.1, -0.05) is 18.9 Å². The Morgan fingerprint density at radius 1 is 1.50 bits per heavy atom. The van der Waals surface area contributed by atoms with Crippen LogP contribution in [0.5, 0.6) is 0 Å². The molecule has 0 atom stereocenters. The lowest BCUT2D eigenvalue weighted by atomic mass is 10.0. The van der Waals surface area contributed by atoms with Gasteiger partial charge in [-0.05, 0) is 13.3 Å². The number of imide groups is 1. The predicted octanol–water partition coefficient (Wildman–Crippen LogP) is 1.15. The second-order valence-electron chi connectivity index (χ2n) is 3.06. The summed E-state index contributed by atoms with van der Waals surface area (Å²) in [4.78, 5) is 21.9. The van der Waals surface area contributed by atoms with Crippen molar-refractivity contribution in [3.8, 4) is 0 Å². The number of carbonyl (C=O) groups excluding carboxylic acids is 2. The van der Waals surface area contributed by atoms with Gasteiger partial charge in [-0.3, -0.25) is 14.9 Å².